The number of alkyl halides is 3. The summed E-state index contributed by atoms with van der Waals surface area (Å²) in [6.07, 6.45) is -3.13. The van der Waals surface area contributed by atoms with Crippen molar-refractivity contribution in [2.75, 3.05) is 33.6 Å². The number of aliphatic carboxylic acids is 2. The summed E-state index contributed by atoms with van der Waals surface area (Å²) < 4.78 is 38.0. The molecule has 5 rings (SSSR count). The number of fused-ring (bicyclic) bond motifs is 1. The number of carbonyl (C=O) groups excluding carboxylic acids is 4. The van der Waals surface area contributed by atoms with Gasteiger partial charge in [0.05, 0.1) is 39.7 Å². The Morgan fingerprint density at radius 3 is 1.59 bits per heavy atom. The van der Waals surface area contributed by atoms with Crippen molar-refractivity contribution in [1.29, 1.82) is 0 Å². The van der Waals surface area contributed by atoms with E-state index in [0.717, 1.165) is 74.7 Å². The van der Waals surface area contributed by atoms with E-state index in [9.17, 15) is 41.9 Å². The topological polar surface area (TPSA) is 167 Å². The lowest BCUT2D eigenvalue weighted by Crippen LogP contribution is -2.16. The van der Waals surface area contributed by atoms with Gasteiger partial charge < -0.3 is 20.8 Å². The lowest BCUT2D eigenvalue weighted by molar-refractivity contribution is -0.138. The van der Waals surface area contributed by atoms with Crippen molar-refractivity contribution >= 4 is 102 Å². The van der Waals surface area contributed by atoms with Gasteiger partial charge in [-0.1, -0.05) is 68.4 Å². The first-order chi connectivity index (χ1) is 26.6. The molecule has 3 aromatic carbocycles. The minimum absolute atomic E-state index is 0.0214. The molecule has 5 aromatic rings. The molecule has 0 bridgehead atoms. The minimum Gasteiger partial charge on any atom is -0.481 e. The lowest BCUT2D eigenvalue weighted by atomic mass is 9.98. The van der Waals surface area contributed by atoms with E-state index in [0.29, 0.717) is 27.5 Å². The molecule has 0 saturated heterocycles. The molecular formula is C39H35F3N2O8S4. The summed E-state index contributed by atoms with van der Waals surface area (Å²) in [7, 11) is 0. The maximum absolute atomic E-state index is 13.3. The minimum atomic E-state index is -4.49. The van der Waals surface area contributed by atoms with Crippen LogP contribution in [0.25, 0.3) is 10.8 Å². The second-order valence-electron chi connectivity index (χ2n) is 11.7. The number of carboxylic acid groups (broad SMARTS) is 2. The monoisotopic (exact) mass is 844 g/mol. The van der Waals surface area contributed by atoms with Gasteiger partial charge >= 0.3 is 18.1 Å². The zero-order valence-corrected chi connectivity index (χ0v) is 33.1. The van der Waals surface area contributed by atoms with Crippen LogP contribution in [0.15, 0.2) is 78.9 Å². The van der Waals surface area contributed by atoms with Crippen LogP contribution in [0.3, 0.4) is 0 Å². The predicted molar refractivity (Wildman–Crippen MR) is 217 cm³/mol. The number of nitrogens with one attached hydrogen (secondary N) is 2. The van der Waals surface area contributed by atoms with Crippen LogP contribution in [-0.4, -0.2) is 68.5 Å². The van der Waals surface area contributed by atoms with Gasteiger partial charge in [-0.25, -0.2) is 0 Å². The highest BCUT2D eigenvalue weighted by Gasteiger charge is 2.30. The summed E-state index contributed by atoms with van der Waals surface area (Å²) in [6.45, 7) is 3.86. The first-order valence-electron chi connectivity index (χ1n) is 16.8. The number of aryl methyl sites for hydroxylation is 2. The van der Waals surface area contributed by atoms with Crippen molar-refractivity contribution < 1.29 is 52.2 Å². The average Bonchev–Trinajstić information content (AvgIpc) is 3.77. The summed E-state index contributed by atoms with van der Waals surface area (Å²) in [5.74, 6) is -3.86. The number of ketones is 2. The molecule has 4 N–H and O–H groups in total. The summed E-state index contributed by atoms with van der Waals surface area (Å²) in [5, 5.41) is 25.3. The van der Waals surface area contributed by atoms with Crippen LogP contribution in [0.1, 0.15) is 61.0 Å². The Bertz CT molecular complexity index is 2230. The summed E-state index contributed by atoms with van der Waals surface area (Å²) in [4.78, 5) is 73.1. The molecule has 0 fully saturated rings. The fourth-order valence-corrected chi connectivity index (χ4v) is 8.17. The number of thioether (sulfide) groups is 2. The fourth-order valence-electron chi connectivity index (χ4n) is 5.08. The third-order valence-electron chi connectivity index (χ3n) is 7.68. The van der Waals surface area contributed by atoms with Gasteiger partial charge in [0.2, 0.25) is 11.8 Å². The molecule has 2 heterocycles. The Labute approximate surface area is 335 Å². The van der Waals surface area contributed by atoms with E-state index in [1.165, 1.54) is 22.7 Å². The van der Waals surface area contributed by atoms with Crippen LogP contribution in [0.4, 0.5) is 23.2 Å². The van der Waals surface area contributed by atoms with E-state index >= 15 is 0 Å². The molecule has 2 amide bonds. The van der Waals surface area contributed by atoms with Gasteiger partial charge in [-0.3, -0.25) is 28.8 Å². The molecule has 56 heavy (non-hydrogen) atoms. The Morgan fingerprint density at radius 2 is 1.11 bits per heavy atom. The van der Waals surface area contributed by atoms with Crippen molar-refractivity contribution in [3.8, 4) is 0 Å². The molecule has 2 aromatic heterocycles. The number of carboxylic acids is 2. The van der Waals surface area contributed by atoms with Crippen LogP contribution >= 0.6 is 46.2 Å². The van der Waals surface area contributed by atoms with Crippen LogP contribution in [0.5, 0.6) is 0 Å². The number of carbonyl (C=O) groups is 6. The molecule has 0 spiro atoms. The number of anilines is 2. The Balaban J connectivity index is 0.000000249. The van der Waals surface area contributed by atoms with E-state index in [1.807, 2.05) is 56.3 Å². The van der Waals surface area contributed by atoms with Gasteiger partial charge in [0.1, 0.15) is 10.0 Å². The predicted octanol–water partition coefficient (Wildman–Crippen LogP) is 8.77. The first-order valence-corrected chi connectivity index (χ1v) is 20.7. The maximum atomic E-state index is 13.3. The Kier molecular flexibility index (Phi) is 15.8. The molecule has 0 aliphatic heterocycles. The van der Waals surface area contributed by atoms with E-state index in [-0.39, 0.29) is 45.8 Å². The number of rotatable bonds is 16. The van der Waals surface area contributed by atoms with E-state index in [1.54, 1.807) is 12.1 Å². The van der Waals surface area contributed by atoms with E-state index in [2.05, 4.69) is 10.6 Å². The average molecular weight is 845 g/mol. The highest BCUT2D eigenvalue weighted by atomic mass is 32.2. The van der Waals surface area contributed by atoms with Crippen LogP contribution < -0.4 is 10.6 Å². The smallest absolute Gasteiger partial charge is 0.416 e. The molecule has 0 radical (unpaired) electrons. The van der Waals surface area contributed by atoms with Crippen molar-refractivity contribution in [2.24, 2.45) is 0 Å². The number of hydrogen-bond acceptors (Lipinski definition) is 10. The first kappa shape index (κ1) is 43.8. The second kappa shape index (κ2) is 20.3. The zero-order valence-electron chi connectivity index (χ0n) is 29.9. The molecule has 0 saturated carbocycles. The number of thiophene rings is 2. The van der Waals surface area contributed by atoms with Crippen LogP contribution in [-0.2, 0) is 38.2 Å². The molecule has 0 aliphatic carbocycles. The fraction of sp³-hybridized carbons (Fsp3) is 0.231. The summed E-state index contributed by atoms with van der Waals surface area (Å²) in [5.41, 5.74) is 0.471. The standard InChI is InChI=1S/C21H19NO4S2.C18H16F3NO4S2/c1-2-14-10-17(21(28-14)22-18(23)11-27-12-19(24)25)20(26)16-9-5-7-13-6-3-4-8-15(13)16;1-2-12-7-13(17(28-12)22-14(23)8-27-9-15(24)25)16(26)10-3-5-11(6-4-10)18(19,20)21/h3-10H,2,11-12H2,1H3,(H,22,23)(H,24,25);3-7H,2,8-9H2,1H3,(H,22,23)(H,24,25). The molecule has 0 unspecified atom stereocenters. The van der Waals surface area contributed by atoms with Crippen LogP contribution in [0, 0.1) is 0 Å². The number of hydrogen-bond donors (Lipinski definition) is 4. The van der Waals surface area contributed by atoms with Crippen molar-refractivity contribution in [3.63, 3.8) is 0 Å². The van der Waals surface area contributed by atoms with Crippen LogP contribution in [0.2, 0.25) is 0 Å². The molecule has 0 atom stereocenters. The van der Waals surface area contributed by atoms with Gasteiger partial charge in [0.25, 0.3) is 0 Å². The SMILES string of the molecule is CCc1cc(C(=O)c2ccc(C(F)(F)F)cc2)c(NC(=O)CSCC(=O)O)s1.CCc1cc(C(=O)c2cccc3ccccc23)c(NC(=O)CSCC(=O)O)s1. The Hall–Kier alpha value is -4.97. The van der Waals surface area contributed by atoms with Crippen molar-refractivity contribution in [3.05, 3.63) is 116 Å². The van der Waals surface area contributed by atoms with E-state index < -0.39 is 35.4 Å². The lowest BCUT2D eigenvalue weighted by Gasteiger charge is -2.08. The third-order valence-corrected chi connectivity index (χ3v) is 11.9. The summed E-state index contributed by atoms with van der Waals surface area (Å²) >= 11 is 4.52. The van der Waals surface area contributed by atoms with Gasteiger partial charge in [0.15, 0.2) is 11.6 Å². The maximum Gasteiger partial charge on any atom is 0.416 e. The molecule has 17 heteroatoms. The van der Waals surface area contributed by atoms with Gasteiger partial charge in [-0.2, -0.15) is 13.2 Å². The van der Waals surface area contributed by atoms with Gasteiger partial charge in [-0.15, -0.1) is 46.2 Å². The molecule has 294 valence electrons. The zero-order chi connectivity index (χ0) is 41.0. The quantitative estimate of drug-likeness (QED) is 0.0706. The molecule has 0 aliphatic rings. The summed E-state index contributed by atoms with van der Waals surface area (Å²) in [6, 6.07) is 20.6. The Morgan fingerprint density at radius 1 is 0.625 bits per heavy atom. The molecule has 10 nitrogen and oxygen atoms in total. The molecular weight excluding hydrogens is 810 g/mol. The number of amides is 2. The number of benzene rings is 3. The highest BCUT2D eigenvalue weighted by molar-refractivity contribution is 8.00. The normalized spacial score (nSPS) is 11.0. The number of halogens is 3. The van der Waals surface area contributed by atoms with Crippen molar-refractivity contribution in [2.45, 2.75) is 32.9 Å². The van der Waals surface area contributed by atoms with E-state index in [4.69, 9.17) is 10.2 Å². The van der Waals surface area contributed by atoms with Gasteiger partial charge in [-0.05, 0) is 47.9 Å². The second-order valence-corrected chi connectivity index (χ2v) is 16.0. The third kappa shape index (κ3) is 12.3. The highest BCUT2D eigenvalue weighted by Crippen LogP contribution is 2.34. The van der Waals surface area contributed by atoms with Gasteiger partial charge in [0, 0.05) is 20.9 Å². The van der Waals surface area contributed by atoms with Crippen molar-refractivity contribution in [1.82, 2.24) is 0 Å². The largest absolute Gasteiger partial charge is 0.481 e.